The number of hydrogen-bond donors (Lipinski definition) is 3. The fourth-order valence-electron chi connectivity index (χ4n) is 2.22. The van der Waals surface area contributed by atoms with Gasteiger partial charge in [-0.15, -0.1) is 11.8 Å². The van der Waals surface area contributed by atoms with E-state index in [1.807, 2.05) is 12.1 Å². The van der Waals surface area contributed by atoms with Gasteiger partial charge in [0.15, 0.2) is 5.44 Å². The molecule has 1 fully saturated rings. The molecule has 0 aliphatic carbocycles. The second kappa shape index (κ2) is 6.62. The van der Waals surface area contributed by atoms with E-state index in [9.17, 15) is 15.3 Å². The van der Waals surface area contributed by atoms with Gasteiger partial charge < -0.3 is 20.1 Å². The molecular weight excluding hydrogens is 304 g/mol. The monoisotopic (exact) mass is 320 g/mol. The number of nitrogens with zero attached hydrogens (tertiary/aromatic N) is 2. The summed E-state index contributed by atoms with van der Waals surface area (Å²) in [4.78, 5) is 8.29. The first-order valence-electron chi connectivity index (χ1n) is 6.84. The van der Waals surface area contributed by atoms with Gasteiger partial charge in [0.05, 0.1) is 6.10 Å². The summed E-state index contributed by atoms with van der Waals surface area (Å²) in [5.74, 6) is 0.808. The molecule has 3 N–H and O–H groups in total. The van der Waals surface area contributed by atoms with Crippen LogP contribution in [-0.2, 0) is 0 Å². The van der Waals surface area contributed by atoms with Crippen LogP contribution in [0.4, 0.5) is 0 Å². The molecule has 0 bridgehead atoms. The molecule has 2 aromatic rings. The van der Waals surface area contributed by atoms with Gasteiger partial charge in [-0.3, -0.25) is 9.97 Å². The van der Waals surface area contributed by atoms with Crippen LogP contribution in [0.25, 0.3) is 11.3 Å². The maximum Gasteiger partial charge on any atom is 0.173 e. The molecule has 3 heterocycles. The second-order valence-corrected chi connectivity index (χ2v) is 6.09. The summed E-state index contributed by atoms with van der Waals surface area (Å²) in [6, 6.07) is 7.13. The van der Waals surface area contributed by atoms with Gasteiger partial charge in [0.1, 0.15) is 23.7 Å². The summed E-state index contributed by atoms with van der Waals surface area (Å²) < 4.78 is 5.83. The highest BCUT2D eigenvalue weighted by molar-refractivity contribution is 7.99. The standard InChI is InChI=1S/C15H16N2O4S/c18-10-8-22-15(14(20)13(10)19)21-11-2-1-5-17-12(11)9-3-6-16-7-4-9/h1-7,10,13-15,18-20H,8H2/t10-,13+,14-,15+/m1/s1. The molecule has 0 amide bonds. The van der Waals surface area contributed by atoms with Gasteiger partial charge in [0.25, 0.3) is 0 Å². The van der Waals surface area contributed by atoms with E-state index in [-0.39, 0.29) is 0 Å². The minimum absolute atomic E-state index is 0.299. The number of aromatic nitrogens is 2. The number of pyridine rings is 2. The third-order valence-electron chi connectivity index (χ3n) is 3.42. The SMILES string of the molecule is O[C@@H]1[C@@H](O)[C@@H](Oc2cccnc2-c2ccncc2)SC[C@H]1O. The lowest BCUT2D eigenvalue weighted by Crippen LogP contribution is -2.50. The van der Waals surface area contributed by atoms with Gasteiger partial charge in [-0.25, -0.2) is 0 Å². The van der Waals surface area contributed by atoms with E-state index in [0.717, 1.165) is 5.56 Å². The molecule has 1 aliphatic heterocycles. The molecule has 0 spiro atoms. The Balaban J connectivity index is 1.84. The van der Waals surface area contributed by atoms with E-state index in [2.05, 4.69) is 9.97 Å². The van der Waals surface area contributed by atoms with Crippen molar-refractivity contribution < 1.29 is 20.1 Å². The zero-order chi connectivity index (χ0) is 15.5. The average molecular weight is 320 g/mol. The van der Waals surface area contributed by atoms with Gasteiger partial charge in [0.2, 0.25) is 0 Å². The predicted octanol–water partition coefficient (Wildman–Crippen LogP) is 0.678. The Morgan fingerprint density at radius 1 is 1.05 bits per heavy atom. The van der Waals surface area contributed by atoms with Gasteiger partial charge in [-0.05, 0) is 24.3 Å². The highest BCUT2D eigenvalue weighted by Crippen LogP contribution is 2.33. The van der Waals surface area contributed by atoms with Crippen molar-refractivity contribution in [3.05, 3.63) is 42.9 Å². The van der Waals surface area contributed by atoms with Crippen molar-refractivity contribution in [2.24, 2.45) is 0 Å². The maximum atomic E-state index is 10.0. The van der Waals surface area contributed by atoms with Crippen LogP contribution in [0.3, 0.4) is 0 Å². The molecule has 6 nitrogen and oxygen atoms in total. The Kier molecular flexibility index (Phi) is 4.58. The lowest BCUT2D eigenvalue weighted by Gasteiger charge is -2.34. The summed E-state index contributed by atoms with van der Waals surface area (Å²) in [5.41, 5.74) is 0.822. The number of hydrogen-bond acceptors (Lipinski definition) is 7. The van der Waals surface area contributed by atoms with Crippen LogP contribution < -0.4 is 4.74 Å². The molecule has 0 radical (unpaired) electrons. The smallest absolute Gasteiger partial charge is 0.173 e. The summed E-state index contributed by atoms with van der Waals surface area (Å²) >= 11 is 1.26. The molecule has 0 saturated carbocycles. The van der Waals surface area contributed by atoms with Crippen molar-refractivity contribution in [2.75, 3.05) is 5.75 Å². The fraction of sp³-hybridized carbons (Fsp3) is 0.333. The van der Waals surface area contributed by atoms with Gasteiger partial charge in [-0.2, -0.15) is 0 Å². The van der Waals surface area contributed by atoms with E-state index in [4.69, 9.17) is 4.74 Å². The number of thioether (sulfide) groups is 1. The molecule has 116 valence electrons. The lowest BCUT2D eigenvalue weighted by molar-refractivity contribution is -0.0785. The van der Waals surface area contributed by atoms with Crippen LogP contribution in [0, 0.1) is 0 Å². The van der Waals surface area contributed by atoms with Crippen molar-refractivity contribution in [1.29, 1.82) is 0 Å². The van der Waals surface area contributed by atoms with Gasteiger partial charge in [0, 0.05) is 29.9 Å². The zero-order valence-corrected chi connectivity index (χ0v) is 12.4. The maximum absolute atomic E-state index is 10.0. The third-order valence-corrected chi connectivity index (χ3v) is 4.66. The lowest BCUT2D eigenvalue weighted by atomic mass is 10.1. The molecule has 22 heavy (non-hydrogen) atoms. The van der Waals surface area contributed by atoms with Crippen molar-refractivity contribution in [3.63, 3.8) is 0 Å². The second-order valence-electron chi connectivity index (χ2n) is 4.95. The van der Waals surface area contributed by atoms with Crippen LogP contribution in [0.5, 0.6) is 5.75 Å². The Morgan fingerprint density at radius 2 is 1.82 bits per heavy atom. The Morgan fingerprint density at radius 3 is 2.59 bits per heavy atom. The van der Waals surface area contributed by atoms with Crippen molar-refractivity contribution in [1.82, 2.24) is 9.97 Å². The van der Waals surface area contributed by atoms with E-state index >= 15 is 0 Å². The van der Waals surface area contributed by atoms with Crippen molar-refractivity contribution >= 4 is 11.8 Å². The minimum atomic E-state index is -1.22. The molecular formula is C15H16N2O4S. The molecule has 7 heteroatoms. The Bertz CT molecular complexity index is 628. The number of ether oxygens (including phenoxy) is 1. The molecule has 4 atom stereocenters. The van der Waals surface area contributed by atoms with E-state index in [0.29, 0.717) is 17.2 Å². The number of rotatable bonds is 3. The summed E-state index contributed by atoms with van der Waals surface area (Å²) in [6.07, 6.45) is 1.65. The average Bonchev–Trinajstić information content (AvgIpc) is 2.57. The predicted molar refractivity (Wildman–Crippen MR) is 82.4 cm³/mol. The van der Waals surface area contributed by atoms with Crippen LogP contribution in [0.2, 0.25) is 0 Å². The molecule has 1 aliphatic rings. The number of aliphatic hydroxyl groups is 3. The van der Waals surface area contributed by atoms with Crippen LogP contribution in [0.15, 0.2) is 42.9 Å². The van der Waals surface area contributed by atoms with Crippen molar-refractivity contribution in [3.8, 4) is 17.0 Å². The van der Waals surface area contributed by atoms with Crippen molar-refractivity contribution in [2.45, 2.75) is 23.7 Å². The molecule has 0 aromatic carbocycles. The first-order chi connectivity index (χ1) is 10.7. The first kappa shape index (κ1) is 15.2. The first-order valence-corrected chi connectivity index (χ1v) is 7.89. The van der Waals surface area contributed by atoms with E-state index in [1.54, 1.807) is 30.7 Å². The normalized spacial score (nSPS) is 28.3. The van der Waals surface area contributed by atoms with Crippen LogP contribution in [0.1, 0.15) is 0 Å². The number of aliphatic hydroxyl groups excluding tert-OH is 3. The van der Waals surface area contributed by atoms with E-state index in [1.165, 1.54) is 11.8 Å². The molecule has 0 unspecified atom stereocenters. The molecule has 2 aromatic heterocycles. The molecule has 1 saturated heterocycles. The van der Waals surface area contributed by atoms with Crippen LogP contribution >= 0.6 is 11.8 Å². The zero-order valence-electron chi connectivity index (χ0n) is 11.6. The minimum Gasteiger partial charge on any atom is -0.475 e. The summed E-state index contributed by atoms with van der Waals surface area (Å²) in [5, 5.41) is 29.4. The fourth-order valence-corrected chi connectivity index (χ4v) is 3.33. The van der Waals surface area contributed by atoms with Crippen LogP contribution in [-0.4, -0.2) is 54.8 Å². The van der Waals surface area contributed by atoms with Gasteiger partial charge >= 0.3 is 0 Å². The Labute approximate surface area is 131 Å². The van der Waals surface area contributed by atoms with Gasteiger partial charge in [-0.1, -0.05) is 0 Å². The largest absolute Gasteiger partial charge is 0.475 e. The van der Waals surface area contributed by atoms with E-state index < -0.39 is 23.7 Å². The molecule has 3 rings (SSSR count). The highest BCUT2D eigenvalue weighted by atomic mass is 32.2. The third kappa shape index (κ3) is 3.07. The highest BCUT2D eigenvalue weighted by Gasteiger charge is 2.38. The quantitative estimate of drug-likeness (QED) is 0.765. The summed E-state index contributed by atoms with van der Waals surface area (Å²) in [7, 11) is 0. The summed E-state index contributed by atoms with van der Waals surface area (Å²) in [6.45, 7) is 0. The topological polar surface area (TPSA) is 95.7 Å². The Hall–Kier alpha value is -1.67.